The molecule has 0 aliphatic heterocycles. The van der Waals surface area contributed by atoms with Gasteiger partial charge >= 0.3 is 5.97 Å². The minimum Gasteiger partial charge on any atom is -0.481 e. The second-order valence-electron chi connectivity index (χ2n) is 2.27. The summed E-state index contributed by atoms with van der Waals surface area (Å²) in [6.45, 7) is 0.0370. The van der Waals surface area contributed by atoms with Crippen molar-refractivity contribution in [3.8, 4) is 0 Å². The van der Waals surface area contributed by atoms with E-state index in [9.17, 15) is 4.79 Å². The summed E-state index contributed by atoms with van der Waals surface area (Å²) in [5, 5.41) is 8.68. The minimum absolute atomic E-state index is 0.0370. The predicted octanol–water partition coefficient (Wildman–Crippen LogP) is 1.17. The molecule has 0 fully saturated rings. The van der Waals surface area contributed by atoms with Crippen molar-refractivity contribution in [2.24, 2.45) is 5.73 Å². The molecule has 1 aromatic heterocycles. The van der Waals surface area contributed by atoms with Crippen molar-refractivity contribution < 1.29 is 14.3 Å². The summed E-state index contributed by atoms with van der Waals surface area (Å²) in [5.74, 6) is -1.35. The van der Waals surface area contributed by atoms with E-state index in [2.05, 4.69) is 15.9 Å². The smallest absolute Gasteiger partial charge is 0.315 e. The van der Waals surface area contributed by atoms with Gasteiger partial charge in [0.25, 0.3) is 0 Å². The molecule has 3 N–H and O–H groups in total. The first-order chi connectivity index (χ1) is 5.65. The van der Waals surface area contributed by atoms with Crippen molar-refractivity contribution in [1.29, 1.82) is 0 Å². The molecule has 1 atom stereocenters. The van der Waals surface area contributed by atoms with Crippen molar-refractivity contribution in [3.63, 3.8) is 0 Å². The highest BCUT2D eigenvalue weighted by atomic mass is 79.9. The predicted molar refractivity (Wildman–Crippen MR) is 45.8 cm³/mol. The van der Waals surface area contributed by atoms with E-state index in [0.29, 0.717) is 10.4 Å². The first kappa shape index (κ1) is 9.28. The average Bonchev–Trinajstić information content (AvgIpc) is 2.37. The summed E-state index contributed by atoms with van der Waals surface area (Å²) < 4.78 is 5.56. The monoisotopic (exact) mass is 233 g/mol. The summed E-state index contributed by atoms with van der Waals surface area (Å²) in [5.41, 5.74) is 5.26. The van der Waals surface area contributed by atoms with Crippen LogP contribution in [0.3, 0.4) is 0 Å². The number of halogens is 1. The van der Waals surface area contributed by atoms with Crippen LogP contribution in [0.5, 0.6) is 0 Å². The van der Waals surface area contributed by atoms with Gasteiger partial charge in [0.2, 0.25) is 0 Å². The fourth-order valence-electron chi connectivity index (χ4n) is 0.854. The SMILES string of the molecule is NCC(C(=O)O)c1ccc(Br)o1. The van der Waals surface area contributed by atoms with Gasteiger partial charge in [-0.3, -0.25) is 4.79 Å². The maximum atomic E-state index is 10.6. The number of aliphatic carboxylic acids is 1. The van der Waals surface area contributed by atoms with Crippen molar-refractivity contribution in [1.82, 2.24) is 0 Å². The second-order valence-corrected chi connectivity index (χ2v) is 3.05. The van der Waals surface area contributed by atoms with Gasteiger partial charge in [0.1, 0.15) is 11.7 Å². The number of carboxylic acid groups (broad SMARTS) is 1. The van der Waals surface area contributed by atoms with Crippen LogP contribution in [0.25, 0.3) is 0 Å². The standard InChI is InChI=1S/C7H8BrNO3/c8-6-2-1-5(12-6)4(3-9)7(10)11/h1-2,4H,3,9H2,(H,10,11). The lowest BCUT2D eigenvalue weighted by atomic mass is 10.1. The maximum Gasteiger partial charge on any atom is 0.315 e. The van der Waals surface area contributed by atoms with Crippen LogP contribution >= 0.6 is 15.9 Å². The Morgan fingerprint density at radius 3 is 2.75 bits per heavy atom. The van der Waals surface area contributed by atoms with Crippen molar-refractivity contribution >= 4 is 21.9 Å². The summed E-state index contributed by atoms with van der Waals surface area (Å²) in [4.78, 5) is 10.6. The second kappa shape index (κ2) is 3.73. The molecule has 0 saturated heterocycles. The third kappa shape index (κ3) is 1.86. The molecule has 0 radical (unpaired) electrons. The zero-order chi connectivity index (χ0) is 9.14. The van der Waals surface area contributed by atoms with Crippen LogP contribution in [0.2, 0.25) is 0 Å². The molecule has 5 heteroatoms. The topological polar surface area (TPSA) is 76.5 Å². The molecular weight excluding hydrogens is 226 g/mol. The Hall–Kier alpha value is -0.810. The van der Waals surface area contributed by atoms with Crippen molar-refractivity contribution in [2.75, 3.05) is 6.54 Å². The number of furan rings is 1. The Kier molecular flexibility index (Phi) is 2.88. The molecule has 0 spiro atoms. The van der Waals surface area contributed by atoms with Gasteiger partial charge in [0.05, 0.1) is 0 Å². The lowest BCUT2D eigenvalue weighted by Gasteiger charge is -2.04. The Balaban J connectivity index is 2.87. The van der Waals surface area contributed by atoms with E-state index in [1.54, 1.807) is 12.1 Å². The van der Waals surface area contributed by atoms with Crippen LogP contribution in [0.1, 0.15) is 11.7 Å². The third-order valence-electron chi connectivity index (χ3n) is 1.47. The summed E-state index contributed by atoms with van der Waals surface area (Å²) >= 11 is 3.08. The van der Waals surface area contributed by atoms with Crippen LogP contribution in [-0.4, -0.2) is 17.6 Å². The summed E-state index contributed by atoms with van der Waals surface area (Å²) in [6, 6.07) is 3.23. The fourth-order valence-corrected chi connectivity index (χ4v) is 1.17. The Bertz CT molecular complexity index is 284. The molecule has 1 rings (SSSR count). The van der Waals surface area contributed by atoms with Gasteiger partial charge in [-0.1, -0.05) is 0 Å². The normalized spacial score (nSPS) is 12.8. The van der Waals surface area contributed by atoms with E-state index in [0.717, 1.165) is 0 Å². The van der Waals surface area contributed by atoms with E-state index < -0.39 is 11.9 Å². The Labute approximate surface area is 77.5 Å². The molecule has 66 valence electrons. The zero-order valence-corrected chi connectivity index (χ0v) is 7.74. The number of hydrogen-bond acceptors (Lipinski definition) is 3. The van der Waals surface area contributed by atoms with Gasteiger partial charge in [0, 0.05) is 6.54 Å². The van der Waals surface area contributed by atoms with E-state index in [-0.39, 0.29) is 6.54 Å². The maximum absolute atomic E-state index is 10.6. The largest absolute Gasteiger partial charge is 0.481 e. The van der Waals surface area contributed by atoms with Crippen LogP contribution in [0.15, 0.2) is 21.2 Å². The molecule has 0 aliphatic carbocycles. The van der Waals surface area contributed by atoms with E-state index in [4.69, 9.17) is 15.3 Å². The van der Waals surface area contributed by atoms with Crippen molar-refractivity contribution in [2.45, 2.75) is 5.92 Å². The van der Waals surface area contributed by atoms with Gasteiger partial charge in [-0.2, -0.15) is 0 Å². The first-order valence-corrected chi connectivity index (χ1v) is 4.12. The van der Waals surface area contributed by atoms with Crippen LogP contribution < -0.4 is 5.73 Å². The highest BCUT2D eigenvalue weighted by Gasteiger charge is 2.21. The molecule has 1 heterocycles. The molecule has 1 unspecified atom stereocenters. The first-order valence-electron chi connectivity index (χ1n) is 3.33. The molecule has 0 bridgehead atoms. The zero-order valence-electron chi connectivity index (χ0n) is 6.16. The van der Waals surface area contributed by atoms with E-state index >= 15 is 0 Å². The van der Waals surface area contributed by atoms with Gasteiger partial charge in [-0.15, -0.1) is 0 Å². The molecule has 0 saturated carbocycles. The molecule has 12 heavy (non-hydrogen) atoms. The summed E-state index contributed by atoms with van der Waals surface area (Å²) in [6.07, 6.45) is 0. The third-order valence-corrected chi connectivity index (χ3v) is 1.90. The van der Waals surface area contributed by atoms with Crippen LogP contribution in [0.4, 0.5) is 0 Å². The van der Waals surface area contributed by atoms with Gasteiger partial charge in [-0.05, 0) is 28.1 Å². The molecule has 0 aromatic carbocycles. The van der Waals surface area contributed by atoms with Crippen LogP contribution in [-0.2, 0) is 4.79 Å². The van der Waals surface area contributed by atoms with Gasteiger partial charge in [-0.25, -0.2) is 0 Å². The number of carboxylic acids is 1. The molecule has 1 aromatic rings. The minimum atomic E-state index is -0.973. The number of nitrogens with two attached hydrogens (primary N) is 1. The number of carbonyl (C=O) groups is 1. The van der Waals surface area contributed by atoms with Crippen LogP contribution in [0, 0.1) is 0 Å². The number of rotatable bonds is 3. The van der Waals surface area contributed by atoms with Crippen molar-refractivity contribution in [3.05, 3.63) is 22.6 Å². The quantitative estimate of drug-likeness (QED) is 0.822. The summed E-state index contributed by atoms with van der Waals surface area (Å²) in [7, 11) is 0. The average molecular weight is 234 g/mol. The molecule has 0 aliphatic rings. The van der Waals surface area contributed by atoms with Gasteiger partial charge < -0.3 is 15.3 Å². The molecular formula is C7H8BrNO3. The number of hydrogen-bond donors (Lipinski definition) is 2. The lowest BCUT2D eigenvalue weighted by Crippen LogP contribution is -2.20. The van der Waals surface area contributed by atoms with E-state index in [1.807, 2.05) is 0 Å². The fraction of sp³-hybridized carbons (Fsp3) is 0.286. The Morgan fingerprint density at radius 1 is 1.75 bits per heavy atom. The lowest BCUT2D eigenvalue weighted by molar-refractivity contribution is -0.138. The highest BCUT2D eigenvalue weighted by molar-refractivity contribution is 9.10. The highest BCUT2D eigenvalue weighted by Crippen LogP contribution is 2.21. The Morgan fingerprint density at radius 2 is 2.42 bits per heavy atom. The molecule has 0 amide bonds. The van der Waals surface area contributed by atoms with E-state index in [1.165, 1.54) is 0 Å². The molecule has 4 nitrogen and oxygen atoms in total. The van der Waals surface area contributed by atoms with Gasteiger partial charge in [0.15, 0.2) is 4.67 Å².